The van der Waals surface area contributed by atoms with Gasteiger partial charge in [0.25, 0.3) is 0 Å². The van der Waals surface area contributed by atoms with E-state index in [9.17, 15) is 4.79 Å². The van der Waals surface area contributed by atoms with Crippen LogP contribution >= 0.6 is 11.8 Å². The third-order valence-corrected chi connectivity index (χ3v) is 6.42. The molecule has 138 valence electrons. The molecule has 2 aliphatic rings. The van der Waals surface area contributed by atoms with E-state index in [4.69, 9.17) is 0 Å². The molecule has 0 unspecified atom stereocenters. The number of rotatable bonds is 7. The van der Waals surface area contributed by atoms with Gasteiger partial charge in [-0.05, 0) is 55.1 Å². The lowest BCUT2D eigenvalue weighted by Crippen LogP contribution is -2.40. The minimum Gasteiger partial charge on any atom is -0.341 e. The van der Waals surface area contributed by atoms with Crippen molar-refractivity contribution < 1.29 is 4.79 Å². The topological polar surface area (TPSA) is 51.0 Å². The maximum Gasteiger partial charge on any atom is 0.232 e. The largest absolute Gasteiger partial charge is 0.341 e. The van der Waals surface area contributed by atoms with E-state index in [0.717, 1.165) is 50.0 Å². The van der Waals surface area contributed by atoms with Crippen molar-refractivity contribution in [3.05, 3.63) is 48.3 Å². The first-order valence-electron chi connectivity index (χ1n) is 9.55. The van der Waals surface area contributed by atoms with Gasteiger partial charge in [0, 0.05) is 50.3 Å². The molecule has 6 heteroatoms. The molecule has 1 saturated heterocycles. The number of aromatic nitrogens is 3. The highest BCUT2D eigenvalue weighted by Crippen LogP contribution is 2.32. The number of hydrogen-bond donors (Lipinski definition) is 0. The number of piperidine rings is 1. The lowest BCUT2D eigenvalue weighted by Gasteiger charge is -2.32. The summed E-state index contributed by atoms with van der Waals surface area (Å²) >= 11 is 1.81. The summed E-state index contributed by atoms with van der Waals surface area (Å²) in [7, 11) is 0. The molecule has 2 fully saturated rings. The Kier molecular flexibility index (Phi) is 5.58. The molecule has 1 aliphatic carbocycles. The van der Waals surface area contributed by atoms with E-state index in [1.54, 1.807) is 0 Å². The summed E-state index contributed by atoms with van der Waals surface area (Å²) in [4.78, 5) is 23.3. The molecule has 2 aromatic rings. The summed E-state index contributed by atoms with van der Waals surface area (Å²) < 4.78 is 2.22. The van der Waals surface area contributed by atoms with E-state index in [1.807, 2.05) is 48.7 Å². The van der Waals surface area contributed by atoms with Crippen LogP contribution in [0.3, 0.4) is 0 Å². The van der Waals surface area contributed by atoms with Crippen molar-refractivity contribution in [3.63, 3.8) is 0 Å². The Morgan fingerprint density at radius 3 is 2.85 bits per heavy atom. The summed E-state index contributed by atoms with van der Waals surface area (Å²) in [5.41, 5.74) is 1.22. The van der Waals surface area contributed by atoms with Gasteiger partial charge in [0.05, 0.1) is 5.75 Å². The van der Waals surface area contributed by atoms with Crippen LogP contribution in [0.1, 0.15) is 43.0 Å². The molecule has 0 aromatic carbocycles. The van der Waals surface area contributed by atoms with Gasteiger partial charge < -0.3 is 9.47 Å². The number of hydrogen-bond acceptors (Lipinski definition) is 4. The minimum atomic E-state index is 0.299. The number of carbonyl (C=O) groups is 1. The summed E-state index contributed by atoms with van der Waals surface area (Å²) in [5.74, 6) is 4.40. The third kappa shape index (κ3) is 4.47. The van der Waals surface area contributed by atoms with Gasteiger partial charge in [-0.3, -0.25) is 9.78 Å². The van der Waals surface area contributed by atoms with Gasteiger partial charge in [0.15, 0.2) is 0 Å². The Balaban J connectivity index is 1.36. The molecule has 3 heterocycles. The van der Waals surface area contributed by atoms with Crippen LogP contribution in [-0.2, 0) is 11.3 Å². The van der Waals surface area contributed by atoms with Crippen LogP contribution in [0.25, 0.3) is 0 Å². The van der Waals surface area contributed by atoms with Crippen molar-refractivity contribution in [1.82, 2.24) is 19.4 Å². The highest BCUT2D eigenvalue weighted by Gasteiger charge is 2.28. The Morgan fingerprint density at radius 1 is 1.19 bits per heavy atom. The summed E-state index contributed by atoms with van der Waals surface area (Å²) in [6.45, 7) is 2.50. The molecular weight excluding hydrogens is 344 g/mol. The Bertz CT molecular complexity index is 728. The van der Waals surface area contributed by atoms with Crippen molar-refractivity contribution in [2.75, 3.05) is 24.6 Å². The molecule has 1 aliphatic heterocycles. The fourth-order valence-corrected chi connectivity index (χ4v) is 4.74. The maximum absolute atomic E-state index is 12.6. The van der Waals surface area contributed by atoms with Crippen LogP contribution in [0.2, 0.25) is 0 Å². The van der Waals surface area contributed by atoms with Crippen LogP contribution in [0.5, 0.6) is 0 Å². The molecule has 1 atom stereocenters. The Labute approximate surface area is 159 Å². The quantitative estimate of drug-likeness (QED) is 0.751. The van der Waals surface area contributed by atoms with Crippen molar-refractivity contribution in [1.29, 1.82) is 0 Å². The van der Waals surface area contributed by atoms with Gasteiger partial charge in [-0.1, -0.05) is 0 Å². The van der Waals surface area contributed by atoms with Crippen LogP contribution < -0.4 is 0 Å². The highest BCUT2D eigenvalue weighted by atomic mass is 32.2. The van der Waals surface area contributed by atoms with Gasteiger partial charge in [-0.25, -0.2) is 4.98 Å². The van der Waals surface area contributed by atoms with E-state index in [0.29, 0.717) is 17.6 Å². The van der Waals surface area contributed by atoms with Gasteiger partial charge in [-0.2, -0.15) is 11.8 Å². The predicted molar refractivity (Wildman–Crippen MR) is 104 cm³/mol. The monoisotopic (exact) mass is 370 g/mol. The van der Waals surface area contributed by atoms with Crippen molar-refractivity contribution in [3.8, 4) is 0 Å². The predicted octanol–water partition coefficient (Wildman–Crippen LogP) is 3.18. The van der Waals surface area contributed by atoms with Gasteiger partial charge in [0.2, 0.25) is 5.91 Å². The molecule has 0 N–H and O–H groups in total. The average molecular weight is 371 g/mol. The van der Waals surface area contributed by atoms with Crippen LogP contribution in [0.15, 0.2) is 36.9 Å². The number of likely N-dealkylation sites (tertiary alicyclic amines) is 1. The molecule has 1 amide bonds. The lowest BCUT2D eigenvalue weighted by molar-refractivity contribution is -0.129. The molecule has 26 heavy (non-hydrogen) atoms. The first kappa shape index (κ1) is 17.6. The van der Waals surface area contributed by atoms with E-state index < -0.39 is 0 Å². The van der Waals surface area contributed by atoms with Gasteiger partial charge >= 0.3 is 0 Å². The second-order valence-electron chi connectivity index (χ2n) is 7.41. The number of carbonyl (C=O) groups excluding carboxylic acids is 1. The zero-order valence-corrected chi connectivity index (χ0v) is 15.9. The van der Waals surface area contributed by atoms with Crippen LogP contribution in [-0.4, -0.2) is 49.9 Å². The molecular formula is C20H26N4OS. The van der Waals surface area contributed by atoms with Gasteiger partial charge in [-0.15, -0.1) is 0 Å². The molecule has 0 spiro atoms. The Hall–Kier alpha value is -1.82. The SMILES string of the molecule is O=C(CSCC1CC1)N1CCC[C@H](c2nccn2Cc2ccncc2)C1. The Morgan fingerprint density at radius 2 is 2.04 bits per heavy atom. The fourth-order valence-electron chi connectivity index (χ4n) is 3.60. The number of amides is 1. The minimum absolute atomic E-state index is 0.299. The van der Waals surface area contributed by atoms with Crippen LogP contribution in [0.4, 0.5) is 0 Å². The third-order valence-electron chi connectivity index (χ3n) is 5.27. The number of thioether (sulfide) groups is 1. The van der Waals surface area contributed by atoms with E-state index in [-0.39, 0.29) is 0 Å². The van der Waals surface area contributed by atoms with E-state index >= 15 is 0 Å². The number of nitrogens with zero attached hydrogens (tertiary/aromatic N) is 4. The van der Waals surface area contributed by atoms with Crippen LogP contribution in [0, 0.1) is 5.92 Å². The highest BCUT2D eigenvalue weighted by molar-refractivity contribution is 7.99. The first-order valence-corrected chi connectivity index (χ1v) is 10.7. The second-order valence-corrected chi connectivity index (χ2v) is 8.44. The van der Waals surface area contributed by atoms with Gasteiger partial charge in [0.1, 0.15) is 5.82 Å². The molecule has 0 radical (unpaired) electrons. The standard InChI is InChI=1S/C20H26N4OS/c25-19(15-26-14-17-3-4-17)23-10-1-2-18(13-23)20-22-9-11-24(20)12-16-5-7-21-8-6-16/h5-9,11,17-18H,1-4,10,12-15H2/t18-/m0/s1. The normalized spacial score (nSPS) is 20.3. The fraction of sp³-hybridized carbons (Fsp3) is 0.550. The van der Waals surface area contributed by atoms with Crippen molar-refractivity contribution in [2.45, 2.75) is 38.1 Å². The summed E-state index contributed by atoms with van der Waals surface area (Å²) in [5, 5.41) is 0. The average Bonchev–Trinajstić information content (AvgIpc) is 3.39. The smallest absolute Gasteiger partial charge is 0.232 e. The second kappa shape index (κ2) is 8.25. The zero-order valence-electron chi connectivity index (χ0n) is 15.1. The summed E-state index contributed by atoms with van der Waals surface area (Å²) in [6, 6.07) is 4.08. The zero-order chi connectivity index (χ0) is 17.8. The van der Waals surface area contributed by atoms with E-state index in [1.165, 1.54) is 18.4 Å². The molecule has 4 rings (SSSR count). The lowest BCUT2D eigenvalue weighted by atomic mass is 9.97. The first-order chi connectivity index (χ1) is 12.8. The van der Waals surface area contributed by atoms with Crippen molar-refractivity contribution in [2.24, 2.45) is 5.92 Å². The maximum atomic E-state index is 12.6. The number of imidazole rings is 1. The molecule has 0 bridgehead atoms. The molecule has 1 saturated carbocycles. The molecule has 2 aromatic heterocycles. The number of pyridine rings is 1. The summed E-state index contributed by atoms with van der Waals surface area (Å²) in [6.07, 6.45) is 12.4. The molecule has 5 nitrogen and oxygen atoms in total. The van der Waals surface area contributed by atoms with Crippen molar-refractivity contribution >= 4 is 17.7 Å². The van der Waals surface area contributed by atoms with E-state index in [2.05, 4.69) is 19.4 Å².